The van der Waals surface area contributed by atoms with Crippen LogP contribution < -0.4 is 10.6 Å². The third kappa shape index (κ3) is 3.75. The zero-order valence-electron chi connectivity index (χ0n) is 11.4. The molecule has 1 heterocycles. The van der Waals surface area contributed by atoms with Crippen molar-refractivity contribution >= 4 is 11.6 Å². The highest BCUT2D eigenvalue weighted by Crippen LogP contribution is 2.16. The molecule has 5 heteroatoms. The molecule has 1 saturated heterocycles. The van der Waals surface area contributed by atoms with Crippen LogP contribution in [0.2, 0.25) is 0 Å². The summed E-state index contributed by atoms with van der Waals surface area (Å²) in [7, 11) is 0. The molecule has 0 spiro atoms. The molecule has 0 atom stereocenters. The van der Waals surface area contributed by atoms with Gasteiger partial charge in [-0.3, -0.25) is 9.69 Å². The number of nitrogens with one attached hydrogen (secondary N) is 2. The first-order valence-electron chi connectivity index (χ1n) is 6.48. The van der Waals surface area contributed by atoms with Gasteiger partial charge in [0.1, 0.15) is 5.82 Å². The van der Waals surface area contributed by atoms with Crippen molar-refractivity contribution < 1.29 is 9.18 Å². The fraction of sp³-hybridized carbons (Fsp3) is 0.500. The van der Waals surface area contributed by atoms with Gasteiger partial charge in [-0.25, -0.2) is 4.39 Å². The molecule has 0 aromatic heterocycles. The van der Waals surface area contributed by atoms with Gasteiger partial charge in [0.25, 0.3) is 0 Å². The number of carbonyl (C=O) groups is 1. The van der Waals surface area contributed by atoms with Crippen LogP contribution in [0.3, 0.4) is 0 Å². The first-order valence-corrected chi connectivity index (χ1v) is 6.48. The van der Waals surface area contributed by atoms with E-state index in [1.54, 1.807) is 12.1 Å². The normalized spacial score (nSPS) is 19.1. The Hall–Kier alpha value is -1.46. The van der Waals surface area contributed by atoms with Crippen molar-refractivity contribution in [1.29, 1.82) is 0 Å². The second kappa shape index (κ2) is 5.67. The quantitative estimate of drug-likeness (QED) is 0.869. The summed E-state index contributed by atoms with van der Waals surface area (Å²) in [6, 6.07) is 5.94. The number of rotatable bonds is 3. The van der Waals surface area contributed by atoms with Crippen LogP contribution in [0, 0.1) is 5.82 Å². The zero-order chi connectivity index (χ0) is 13.9. The second-order valence-corrected chi connectivity index (χ2v) is 5.47. The molecular weight excluding hydrogens is 245 g/mol. The molecule has 19 heavy (non-hydrogen) atoms. The topological polar surface area (TPSA) is 44.4 Å². The Morgan fingerprint density at radius 2 is 2.32 bits per heavy atom. The number of anilines is 1. The first-order chi connectivity index (χ1) is 8.97. The molecule has 1 fully saturated rings. The number of nitrogens with zero attached hydrogens (tertiary/aromatic N) is 1. The molecule has 1 aromatic carbocycles. The van der Waals surface area contributed by atoms with Gasteiger partial charge in [0.05, 0.1) is 6.54 Å². The van der Waals surface area contributed by atoms with E-state index in [1.807, 2.05) is 0 Å². The average Bonchev–Trinajstić information content (AvgIpc) is 2.32. The number of piperazine rings is 1. The summed E-state index contributed by atoms with van der Waals surface area (Å²) < 4.78 is 13.0. The summed E-state index contributed by atoms with van der Waals surface area (Å²) in [5, 5.41) is 6.04. The van der Waals surface area contributed by atoms with E-state index < -0.39 is 0 Å². The lowest BCUT2D eigenvalue weighted by Crippen LogP contribution is -2.59. The smallest absolute Gasteiger partial charge is 0.238 e. The van der Waals surface area contributed by atoms with Crippen LogP contribution in [-0.4, -0.2) is 42.5 Å². The molecule has 1 aliphatic rings. The van der Waals surface area contributed by atoms with Crippen molar-refractivity contribution in [3.63, 3.8) is 0 Å². The predicted octanol–water partition coefficient (Wildman–Crippen LogP) is 1.45. The molecule has 0 aliphatic carbocycles. The Bertz CT molecular complexity index is 462. The molecule has 4 nitrogen and oxygen atoms in total. The van der Waals surface area contributed by atoms with E-state index >= 15 is 0 Å². The van der Waals surface area contributed by atoms with Gasteiger partial charge in [0, 0.05) is 30.9 Å². The number of halogens is 1. The van der Waals surface area contributed by atoms with Gasteiger partial charge in [-0.1, -0.05) is 6.07 Å². The molecule has 0 radical (unpaired) electrons. The van der Waals surface area contributed by atoms with Crippen molar-refractivity contribution in [2.24, 2.45) is 0 Å². The monoisotopic (exact) mass is 265 g/mol. The maximum absolute atomic E-state index is 13.0. The van der Waals surface area contributed by atoms with Gasteiger partial charge in [0.15, 0.2) is 0 Å². The lowest BCUT2D eigenvalue weighted by atomic mass is 10.0. The molecular formula is C14H20FN3O. The van der Waals surface area contributed by atoms with Crippen LogP contribution in [0.15, 0.2) is 24.3 Å². The van der Waals surface area contributed by atoms with Crippen LogP contribution in [0.4, 0.5) is 10.1 Å². The Morgan fingerprint density at radius 3 is 3.00 bits per heavy atom. The average molecular weight is 265 g/mol. The number of amides is 1. The summed E-state index contributed by atoms with van der Waals surface area (Å²) in [6.07, 6.45) is 0. The molecule has 0 bridgehead atoms. The Labute approximate surface area is 113 Å². The zero-order valence-corrected chi connectivity index (χ0v) is 11.4. The molecule has 2 rings (SSSR count). The van der Waals surface area contributed by atoms with E-state index in [1.165, 1.54) is 12.1 Å². The van der Waals surface area contributed by atoms with Gasteiger partial charge in [-0.05, 0) is 32.0 Å². The summed E-state index contributed by atoms with van der Waals surface area (Å²) in [5.41, 5.74) is 0.454. The molecule has 2 N–H and O–H groups in total. The van der Waals surface area contributed by atoms with Crippen LogP contribution >= 0.6 is 0 Å². The van der Waals surface area contributed by atoms with Crippen molar-refractivity contribution in [3.8, 4) is 0 Å². The van der Waals surface area contributed by atoms with Crippen molar-refractivity contribution in [2.75, 3.05) is 31.5 Å². The first kappa shape index (κ1) is 14.0. The van der Waals surface area contributed by atoms with Crippen molar-refractivity contribution in [1.82, 2.24) is 10.2 Å². The summed E-state index contributed by atoms with van der Waals surface area (Å²) in [4.78, 5) is 14.1. The fourth-order valence-corrected chi connectivity index (χ4v) is 2.26. The van der Waals surface area contributed by atoms with Crippen molar-refractivity contribution in [3.05, 3.63) is 30.1 Å². The third-order valence-corrected chi connectivity index (χ3v) is 3.42. The number of hydrogen-bond donors (Lipinski definition) is 2. The van der Waals surface area contributed by atoms with E-state index in [0.29, 0.717) is 12.2 Å². The fourth-order valence-electron chi connectivity index (χ4n) is 2.26. The molecule has 1 amide bonds. The molecule has 1 aliphatic heterocycles. The minimum Gasteiger partial charge on any atom is -0.325 e. The highest BCUT2D eigenvalue weighted by atomic mass is 19.1. The molecule has 1 aromatic rings. The van der Waals surface area contributed by atoms with Gasteiger partial charge >= 0.3 is 0 Å². The SMILES string of the molecule is CC1(C)CNCCN1CC(=O)Nc1cccc(F)c1. The van der Waals surface area contributed by atoms with Crippen LogP contribution in [0.5, 0.6) is 0 Å². The van der Waals surface area contributed by atoms with Crippen LogP contribution in [0.25, 0.3) is 0 Å². The maximum Gasteiger partial charge on any atom is 0.238 e. The van der Waals surface area contributed by atoms with Crippen LogP contribution in [0.1, 0.15) is 13.8 Å². The third-order valence-electron chi connectivity index (χ3n) is 3.42. The molecule has 0 saturated carbocycles. The Kier molecular flexibility index (Phi) is 4.17. The van der Waals surface area contributed by atoms with Gasteiger partial charge in [0.2, 0.25) is 5.91 Å². The van der Waals surface area contributed by atoms with E-state index in [2.05, 4.69) is 29.4 Å². The Balaban J connectivity index is 1.94. The molecule has 0 unspecified atom stereocenters. The van der Waals surface area contributed by atoms with Crippen LogP contribution in [-0.2, 0) is 4.79 Å². The number of benzene rings is 1. The van der Waals surface area contributed by atoms with Gasteiger partial charge < -0.3 is 10.6 Å². The summed E-state index contributed by atoms with van der Waals surface area (Å²) in [6.45, 7) is 7.12. The lowest BCUT2D eigenvalue weighted by Gasteiger charge is -2.42. The van der Waals surface area contributed by atoms with E-state index in [9.17, 15) is 9.18 Å². The lowest BCUT2D eigenvalue weighted by molar-refractivity contribution is -0.119. The van der Waals surface area contributed by atoms with E-state index in [0.717, 1.165) is 19.6 Å². The second-order valence-electron chi connectivity index (χ2n) is 5.47. The minimum atomic E-state index is -0.347. The Morgan fingerprint density at radius 1 is 1.53 bits per heavy atom. The van der Waals surface area contributed by atoms with Gasteiger partial charge in [-0.15, -0.1) is 0 Å². The van der Waals surface area contributed by atoms with Crippen molar-refractivity contribution in [2.45, 2.75) is 19.4 Å². The highest BCUT2D eigenvalue weighted by molar-refractivity contribution is 5.92. The summed E-state index contributed by atoms with van der Waals surface area (Å²) >= 11 is 0. The van der Waals surface area contributed by atoms with E-state index in [-0.39, 0.29) is 17.3 Å². The maximum atomic E-state index is 13.0. The standard InChI is InChI=1S/C14H20FN3O/c1-14(2)10-16-6-7-18(14)9-13(19)17-12-5-3-4-11(15)8-12/h3-5,8,16H,6-7,9-10H2,1-2H3,(H,17,19). The number of carbonyl (C=O) groups excluding carboxylic acids is 1. The number of hydrogen-bond acceptors (Lipinski definition) is 3. The predicted molar refractivity (Wildman–Crippen MR) is 73.6 cm³/mol. The summed E-state index contributed by atoms with van der Waals surface area (Å²) in [5.74, 6) is -0.458. The molecule has 104 valence electrons. The van der Waals surface area contributed by atoms with Gasteiger partial charge in [-0.2, -0.15) is 0 Å². The minimum absolute atomic E-state index is 0.0441. The van der Waals surface area contributed by atoms with E-state index in [4.69, 9.17) is 0 Å². The highest BCUT2D eigenvalue weighted by Gasteiger charge is 2.30. The largest absolute Gasteiger partial charge is 0.325 e.